The number of benzene rings is 2. The lowest BCUT2D eigenvalue weighted by Gasteiger charge is -2.13. The van der Waals surface area contributed by atoms with E-state index in [2.05, 4.69) is 10.3 Å². The summed E-state index contributed by atoms with van der Waals surface area (Å²) in [5, 5.41) is 7.24. The van der Waals surface area contributed by atoms with Gasteiger partial charge in [-0.2, -0.15) is 13.2 Å². The Morgan fingerprint density at radius 2 is 1.84 bits per heavy atom. The third kappa shape index (κ3) is 5.97. The predicted molar refractivity (Wildman–Crippen MR) is 110 cm³/mol. The van der Waals surface area contributed by atoms with Crippen molar-refractivity contribution in [2.75, 3.05) is 14.2 Å². The molecule has 0 spiro atoms. The van der Waals surface area contributed by atoms with E-state index in [4.69, 9.17) is 26.0 Å². The van der Waals surface area contributed by atoms with Crippen LogP contribution in [0.1, 0.15) is 34.7 Å². The SMILES string of the molecule is CO/N=C(/C(=O)OC)c1cccc(C)c1CO/N=C(\C)c1ccc(Cl)c(C(F)(F)F)c1. The number of methoxy groups -OCH3 is 1. The van der Waals surface area contributed by atoms with E-state index in [1.807, 2.05) is 0 Å². The number of alkyl halides is 3. The minimum Gasteiger partial charge on any atom is -0.464 e. The van der Waals surface area contributed by atoms with Gasteiger partial charge in [0.15, 0.2) is 5.71 Å². The second kappa shape index (κ2) is 10.3. The van der Waals surface area contributed by atoms with Gasteiger partial charge in [0, 0.05) is 11.1 Å². The van der Waals surface area contributed by atoms with Crippen molar-refractivity contribution in [1.29, 1.82) is 0 Å². The van der Waals surface area contributed by atoms with Crippen LogP contribution in [0.3, 0.4) is 0 Å². The van der Waals surface area contributed by atoms with Gasteiger partial charge in [-0.3, -0.25) is 0 Å². The number of oxime groups is 2. The van der Waals surface area contributed by atoms with Crippen LogP contribution < -0.4 is 0 Å². The largest absolute Gasteiger partial charge is 0.464 e. The van der Waals surface area contributed by atoms with Gasteiger partial charge in [-0.1, -0.05) is 46.2 Å². The molecule has 2 aromatic rings. The van der Waals surface area contributed by atoms with Crippen molar-refractivity contribution in [3.63, 3.8) is 0 Å². The number of halogens is 4. The first-order chi connectivity index (χ1) is 14.6. The maximum Gasteiger partial charge on any atom is 0.417 e. The van der Waals surface area contributed by atoms with Crippen molar-refractivity contribution in [1.82, 2.24) is 0 Å². The summed E-state index contributed by atoms with van der Waals surface area (Å²) in [6, 6.07) is 8.65. The first-order valence-corrected chi connectivity index (χ1v) is 9.30. The Bertz CT molecular complexity index is 1020. The van der Waals surface area contributed by atoms with E-state index < -0.39 is 22.7 Å². The maximum atomic E-state index is 13.1. The number of hydrogen-bond acceptors (Lipinski definition) is 6. The average Bonchev–Trinajstić information content (AvgIpc) is 2.72. The lowest BCUT2D eigenvalue weighted by atomic mass is 9.99. The van der Waals surface area contributed by atoms with Crippen LogP contribution in [-0.2, 0) is 32.0 Å². The monoisotopic (exact) mass is 456 g/mol. The summed E-state index contributed by atoms with van der Waals surface area (Å²) in [6.45, 7) is 3.24. The zero-order chi connectivity index (χ0) is 23.2. The molecule has 0 bridgehead atoms. The molecule has 0 atom stereocenters. The second-order valence-corrected chi connectivity index (χ2v) is 6.76. The molecule has 0 unspecified atom stereocenters. The fourth-order valence-corrected chi connectivity index (χ4v) is 2.94. The van der Waals surface area contributed by atoms with Gasteiger partial charge in [0.25, 0.3) is 0 Å². The van der Waals surface area contributed by atoms with E-state index in [-0.39, 0.29) is 23.6 Å². The maximum absolute atomic E-state index is 13.1. The first-order valence-electron chi connectivity index (χ1n) is 8.92. The molecule has 31 heavy (non-hydrogen) atoms. The number of aryl methyl sites for hydroxylation is 1. The fourth-order valence-electron chi connectivity index (χ4n) is 2.71. The molecule has 2 aromatic carbocycles. The molecule has 2 rings (SSSR count). The number of carbonyl (C=O) groups excluding carboxylic acids is 1. The van der Waals surface area contributed by atoms with Crippen molar-refractivity contribution in [2.45, 2.75) is 26.6 Å². The summed E-state index contributed by atoms with van der Waals surface area (Å²) in [7, 11) is 2.51. The highest BCUT2D eigenvalue weighted by atomic mass is 35.5. The quantitative estimate of drug-likeness (QED) is 0.329. The van der Waals surface area contributed by atoms with Crippen LogP contribution >= 0.6 is 11.6 Å². The van der Waals surface area contributed by atoms with Crippen molar-refractivity contribution >= 4 is 29.0 Å². The smallest absolute Gasteiger partial charge is 0.417 e. The van der Waals surface area contributed by atoms with Gasteiger partial charge in [-0.25, -0.2) is 4.79 Å². The van der Waals surface area contributed by atoms with E-state index in [1.165, 1.54) is 27.2 Å². The van der Waals surface area contributed by atoms with E-state index >= 15 is 0 Å². The first kappa shape index (κ1) is 24.2. The summed E-state index contributed by atoms with van der Waals surface area (Å²) in [5.41, 5.74) is 1.21. The third-order valence-corrected chi connectivity index (χ3v) is 4.66. The predicted octanol–water partition coefficient (Wildman–Crippen LogP) is 5.13. The van der Waals surface area contributed by atoms with Crippen LogP contribution in [0.5, 0.6) is 0 Å². The molecular formula is C21H20ClF3N2O4. The van der Waals surface area contributed by atoms with Gasteiger partial charge in [0.05, 0.1) is 23.4 Å². The van der Waals surface area contributed by atoms with Gasteiger partial charge in [0.1, 0.15) is 13.7 Å². The molecule has 10 heteroatoms. The molecule has 0 saturated heterocycles. The molecular weight excluding hydrogens is 437 g/mol. The molecule has 166 valence electrons. The summed E-state index contributed by atoms with van der Waals surface area (Å²) in [4.78, 5) is 22.2. The van der Waals surface area contributed by atoms with Crippen LogP contribution in [0.4, 0.5) is 13.2 Å². The van der Waals surface area contributed by atoms with E-state index in [9.17, 15) is 18.0 Å². The molecule has 0 heterocycles. The van der Waals surface area contributed by atoms with Gasteiger partial charge < -0.3 is 14.4 Å². The van der Waals surface area contributed by atoms with Crippen LogP contribution in [0.15, 0.2) is 46.7 Å². The van der Waals surface area contributed by atoms with Gasteiger partial charge in [0.2, 0.25) is 0 Å². The Hall–Kier alpha value is -3.07. The normalized spacial score (nSPS) is 12.5. The summed E-state index contributed by atoms with van der Waals surface area (Å²) in [6.07, 6.45) is -4.59. The number of ether oxygens (including phenoxy) is 1. The van der Waals surface area contributed by atoms with Crippen LogP contribution in [0.25, 0.3) is 0 Å². The molecule has 0 amide bonds. The Kier molecular flexibility index (Phi) is 8.04. The second-order valence-electron chi connectivity index (χ2n) is 6.36. The molecule has 0 aliphatic rings. The van der Waals surface area contributed by atoms with Crippen LogP contribution in [-0.4, -0.2) is 31.6 Å². The Morgan fingerprint density at radius 3 is 2.45 bits per heavy atom. The average molecular weight is 457 g/mol. The Labute approximate surface area is 182 Å². The molecule has 0 aliphatic carbocycles. The number of hydrogen-bond donors (Lipinski definition) is 0. The number of esters is 1. The summed E-state index contributed by atoms with van der Waals surface area (Å²) >= 11 is 5.65. The highest BCUT2D eigenvalue weighted by molar-refractivity contribution is 6.43. The zero-order valence-electron chi connectivity index (χ0n) is 17.2. The molecule has 0 saturated carbocycles. The van der Waals surface area contributed by atoms with Crippen molar-refractivity contribution in [3.05, 3.63) is 69.2 Å². The van der Waals surface area contributed by atoms with Crippen LogP contribution in [0, 0.1) is 6.92 Å². The molecule has 0 aliphatic heterocycles. The summed E-state index contributed by atoms with van der Waals surface area (Å²) in [5.74, 6) is -0.700. The zero-order valence-corrected chi connectivity index (χ0v) is 18.0. The van der Waals surface area contributed by atoms with Gasteiger partial charge in [-0.05, 0) is 37.1 Å². The standard InChI is InChI=1S/C21H20ClF3N2O4/c1-12-6-5-7-15(19(27-30-4)20(28)29-3)16(12)11-31-26-13(2)14-8-9-18(22)17(10-14)21(23,24)25/h5-10H,11H2,1-4H3/b26-13+,27-19+. The van der Waals surface area contributed by atoms with E-state index in [1.54, 1.807) is 25.1 Å². The molecule has 6 nitrogen and oxygen atoms in total. The highest BCUT2D eigenvalue weighted by Crippen LogP contribution is 2.35. The lowest BCUT2D eigenvalue weighted by molar-refractivity contribution is -0.137. The van der Waals surface area contributed by atoms with Gasteiger partial charge in [-0.15, -0.1) is 0 Å². The number of rotatable bonds is 7. The molecule has 0 aromatic heterocycles. The van der Waals surface area contributed by atoms with Crippen molar-refractivity contribution in [2.24, 2.45) is 10.3 Å². The number of carbonyl (C=O) groups is 1. The Balaban J connectivity index is 2.31. The lowest BCUT2D eigenvalue weighted by Crippen LogP contribution is -2.20. The number of nitrogens with zero attached hydrogens (tertiary/aromatic N) is 2. The fraction of sp³-hybridized carbons (Fsp3) is 0.286. The third-order valence-electron chi connectivity index (χ3n) is 4.33. The minimum atomic E-state index is -4.59. The van der Waals surface area contributed by atoms with E-state index in [0.29, 0.717) is 11.1 Å². The van der Waals surface area contributed by atoms with Gasteiger partial charge >= 0.3 is 12.1 Å². The van der Waals surface area contributed by atoms with E-state index in [0.717, 1.165) is 17.7 Å². The molecule has 0 N–H and O–H groups in total. The minimum absolute atomic E-state index is 0.0551. The summed E-state index contributed by atoms with van der Waals surface area (Å²) < 4.78 is 44.0. The van der Waals surface area contributed by atoms with Crippen molar-refractivity contribution < 1.29 is 32.4 Å². The molecule has 0 radical (unpaired) electrons. The topological polar surface area (TPSA) is 69.5 Å². The Morgan fingerprint density at radius 1 is 1.13 bits per heavy atom. The van der Waals surface area contributed by atoms with Crippen LogP contribution in [0.2, 0.25) is 5.02 Å². The van der Waals surface area contributed by atoms with Crippen molar-refractivity contribution in [3.8, 4) is 0 Å². The molecule has 0 fully saturated rings. The highest BCUT2D eigenvalue weighted by Gasteiger charge is 2.33.